The van der Waals surface area contributed by atoms with Gasteiger partial charge in [-0.25, -0.2) is 14.0 Å². The number of carbonyl (C=O) groups is 2. The molecule has 0 aromatic heterocycles. The Morgan fingerprint density at radius 2 is 1.89 bits per heavy atom. The average molecular weight is 395 g/mol. The van der Waals surface area contributed by atoms with Crippen molar-refractivity contribution in [2.75, 3.05) is 5.32 Å². The first kappa shape index (κ1) is 20.5. The Bertz CT molecular complexity index is 812. The van der Waals surface area contributed by atoms with E-state index in [0.717, 1.165) is 0 Å². The zero-order valence-corrected chi connectivity index (χ0v) is 15.6. The number of rotatable bonds is 6. The Labute approximate surface area is 161 Å². The van der Waals surface area contributed by atoms with Crippen LogP contribution in [0, 0.1) is 5.82 Å². The molecule has 0 aliphatic carbocycles. The van der Waals surface area contributed by atoms with Crippen molar-refractivity contribution in [3.05, 3.63) is 64.9 Å². The van der Waals surface area contributed by atoms with Gasteiger partial charge in [0, 0.05) is 17.1 Å². The molecule has 0 heterocycles. The van der Waals surface area contributed by atoms with Crippen LogP contribution in [0.2, 0.25) is 5.02 Å². The van der Waals surface area contributed by atoms with Crippen LogP contribution in [-0.2, 0) is 9.47 Å². The summed E-state index contributed by atoms with van der Waals surface area (Å²) in [6, 6.07) is 12.0. The van der Waals surface area contributed by atoms with E-state index in [-0.39, 0.29) is 6.42 Å². The second-order valence-electron chi connectivity index (χ2n) is 6.47. The maximum Gasteiger partial charge on any atom is 0.412 e. The maximum absolute atomic E-state index is 13.0. The Morgan fingerprint density at radius 3 is 2.48 bits per heavy atom. The van der Waals surface area contributed by atoms with Crippen LogP contribution >= 0.6 is 11.6 Å². The van der Waals surface area contributed by atoms with Crippen molar-refractivity contribution in [2.45, 2.75) is 32.0 Å². The third kappa shape index (κ3) is 6.79. The summed E-state index contributed by atoms with van der Waals surface area (Å²) in [6.07, 6.45) is -2.30. The SMILES string of the molecule is CC(C)(CC(OC(=O)Nc1ccc(F)cc1)c1cccc(Cl)c1)OC(N)=O. The fourth-order valence-corrected chi connectivity index (χ4v) is 2.70. The van der Waals surface area contributed by atoms with E-state index < -0.39 is 29.7 Å². The quantitative estimate of drug-likeness (QED) is 0.718. The first-order valence-corrected chi connectivity index (χ1v) is 8.49. The first-order valence-electron chi connectivity index (χ1n) is 8.12. The lowest BCUT2D eigenvalue weighted by atomic mass is 9.95. The van der Waals surface area contributed by atoms with Crippen LogP contribution in [0.5, 0.6) is 0 Å². The van der Waals surface area contributed by atoms with E-state index in [0.29, 0.717) is 16.3 Å². The van der Waals surface area contributed by atoms with E-state index in [1.807, 2.05) is 0 Å². The van der Waals surface area contributed by atoms with Crippen LogP contribution in [0.25, 0.3) is 0 Å². The zero-order chi connectivity index (χ0) is 20.0. The number of carbonyl (C=O) groups excluding carboxylic acids is 2. The summed E-state index contributed by atoms with van der Waals surface area (Å²) in [4.78, 5) is 23.4. The molecular weight excluding hydrogens is 375 g/mol. The molecule has 0 aliphatic heterocycles. The smallest absolute Gasteiger partial charge is 0.412 e. The number of halogens is 2. The molecule has 6 nitrogen and oxygen atoms in total. The monoisotopic (exact) mass is 394 g/mol. The van der Waals surface area contributed by atoms with Gasteiger partial charge in [-0.1, -0.05) is 23.7 Å². The van der Waals surface area contributed by atoms with Gasteiger partial charge in [0.05, 0.1) is 0 Å². The lowest BCUT2D eigenvalue weighted by Crippen LogP contribution is -2.34. The predicted octanol–water partition coefficient (Wildman–Crippen LogP) is 5.03. The van der Waals surface area contributed by atoms with Gasteiger partial charge in [0.2, 0.25) is 0 Å². The topological polar surface area (TPSA) is 90.7 Å². The fourth-order valence-electron chi connectivity index (χ4n) is 2.50. The molecular formula is C19H20ClFN2O4. The first-order chi connectivity index (χ1) is 12.6. The molecule has 0 saturated carbocycles. The standard InChI is InChI=1S/C19H20ClFN2O4/c1-19(2,27-17(22)24)11-16(12-4-3-5-13(20)10-12)26-18(25)23-15-8-6-14(21)7-9-15/h3-10,16H,11H2,1-2H3,(H2,22,24)(H,23,25). The highest BCUT2D eigenvalue weighted by Gasteiger charge is 2.30. The molecule has 27 heavy (non-hydrogen) atoms. The van der Waals surface area contributed by atoms with Gasteiger partial charge < -0.3 is 15.2 Å². The van der Waals surface area contributed by atoms with E-state index in [1.54, 1.807) is 38.1 Å². The number of nitrogens with two attached hydrogens (primary N) is 1. The highest BCUT2D eigenvalue weighted by Crippen LogP contribution is 2.31. The normalized spacial score (nSPS) is 12.1. The number of benzene rings is 2. The summed E-state index contributed by atoms with van der Waals surface area (Å²) in [6.45, 7) is 3.30. The van der Waals surface area contributed by atoms with E-state index in [4.69, 9.17) is 26.8 Å². The highest BCUT2D eigenvalue weighted by atomic mass is 35.5. The van der Waals surface area contributed by atoms with Gasteiger partial charge in [0.1, 0.15) is 17.5 Å². The molecule has 2 amide bonds. The van der Waals surface area contributed by atoms with Crippen molar-refractivity contribution in [1.29, 1.82) is 0 Å². The highest BCUT2D eigenvalue weighted by molar-refractivity contribution is 6.30. The molecule has 0 saturated heterocycles. The minimum Gasteiger partial charge on any atom is -0.444 e. The molecule has 0 aliphatic rings. The lowest BCUT2D eigenvalue weighted by Gasteiger charge is -2.29. The van der Waals surface area contributed by atoms with E-state index >= 15 is 0 Å². The number of primary amides is 1. The van der Waals surface area contributed by atoms with Crippen molar-refractivity contribution < 1.29 is 23.5 Å². The third-order valence-electron chi connectivity index (χ3n) is 3.61. The lowest BCUT2D eigenvalue weighted by molar-refractivity contribution is -0.00157. The van der Waals surface area contributed by atoms with Gasteiger partial charge in [0.25, 0.3) is 0 Å². The summed E-state index contributed by atoms with van der Waals surface area (Å²) < 4.78 is 23.6. The van der Waals surface area contributed by atoms with Crippen LogP contribution in [0.3, 0.4) is 0 Å². The molecule has 1 unspecified atom stereocenters. The number of ether oxygens (including phenoxy) is 2. The Morgan fingerprint density at radius 1 is 1.22 bits per heavy atom. The second-order valence-corrected chi connectivity index (χ2v) is 6.90. The Hall–Kier alpha value is -2.80. The van der Waals surface area contributed by atoms with Gasteiger partial charge in [-0.3, -0.25) is 5.32 Å². The second kappa shape index (κ2) is 8.73. The van der Waals surface area contributed by atoms with Gasteiger partial charge >= 0.3 is 12.2 Å². The minimum atomic E-state index is -0.991. The molecule has 2 rings (SSSR count). The zero-order valence-electron chi connectivity index (χ0n) is 14.9. The molecule has 1 atom stereocenters. The summed E-state index contributed by atoms with van der Waals surface area (Å²) in [5.74, 6) is -0.420. The molecule has 3 N–H and O–H groups in total. The Balaban J connectivity index is 2.17. The predicted molar refractivity (Wildman–Crippen MR) is 100 cm³/mol. The summed E-state index contributed by atoms with van der Waals surface area (Å²) in [7, 11) is 0. The van der Waals surface area contributed by atoms with Gasteiger partial charge in [-0.2, -0.15) is 0 Å². The van der Waals surface area contributed by atoms with Crippen LogP contribution in [0.1, 0.15) is 31.9 Å². The van der Waals surface area contributed by atoms with Gasteiger partial charge in [-0.05, 0) is 55.8 Å². The summed E-state index contributed by atoms with van der Waals surface area (Å²) in [5, 5.41) is 2.98. The van der Waals surface area contributed by atoms with Gasteiger partial charge in [0.15, 0.2) is 0 Å². The average Bonchev–Trinajstić information content (AvgIpc) is 2.55. The van der Waals surface area contributed by atoms with E-state index in [1.165, 1.54) is 24.3 Å². The Kier molecular flexibility index (Phi) is 6.63. The summed E-state index contributed by atoms with van der Waals surface area (Å²) >= 11 is 6.03. The van der Waals surface area contributed by atoms with Crippen LogP contribution < -0.4 is 11.1 Å². The van der Waals surface area contributed by atoms with E-state index in [2.05, 4.69) is 5.32 Å². The largest absolute Gasteiger partial charge is 0.444 e. The number of amides is 2. The molecule has 2 aromatic carbocycles. The molecule has 0 spiro atoms. The molecule has 8 heteroatoms. The van der Waals surface area contributed by atoms with Crippen LogP contribution in [-0.4, -0.2) is 17.8 Å². The van der Waals surface area contributed by atoms with E-state index in [9.17, 15) is 14.0 Å². The molecule has 0 radical (unpaired) electrons. The number of hydrogen-bond acceptors (Lipinski definition) is 4. The van der Waals surface area contributed by atoms with Crippen molar-refractivity contribution in [3.63, 3.8) is 0 Å². The fraction of sp³-hybridized carbons (Fsp3) is 0.263. The van der Waals surface area contributed by atoms with Crippen molar-refractivity contribution in [2.24, 2.45) is 5.73 Å². The molecule has 0 fully saturated rings. The third-order valence-corrected chi connectivity index (χ3v) is 3.85. The minimum absolute atomic E-state index is 0.146. The van der Waals surface area contributed by atoms with Crippen molar-refractivity contribution in [3.8, 4) is 0 Å². The maximum atomic E-state index is 13.0. The van der Waals surface area contributed by atoms with Crippen molar-refractivity contribution in [1.82, 2.24) is 0 Å². The molecule has 144 valence electrons. The van der Waals surface area contributed by atoms with Gasteiger partial charge in [-0.15, -0.1) is 0 Å². The summed E-state index contributed by atoms with van der Waals surface area (Å²) in [5.41, 5.74) is 5.11. The van der Waals surface area contributed by atoms with Crippen LogP contribution in [0.4, 0.5) is 19.7 Å². The van der Waals surface area contributed by atoms with Crippen LogP contribution in [0.15, 0.2) is 48.5 Å². The number of anilines is 1. The number of nitrogens with one attached hydrogen (secondary N) is 1. The van der Waals surface area contributed by atoms with Crippen molar-refractivity contribution >= 4 is 29.5 Å². The number of hydrogen-bond donors (Lipinski definition) is 2. The molecule has 2 aromatic rings. The molecule has 0 bridgehead atoms.